The van der Waals surface area contributed by atoms with Crippen LogP contribution >= 0.6 is 0 Å². The number of nitrogens with two attached hydrogens (primary N) is 1. The molecular weight excluding hydrogens is 210 g/mol. The minimum Gasteiger partial charge on any atom is -0.318 e. The van der Waals surface area contributed by atoms with Crippen molar-refractivity contribution in [2.45, 2.75) is 25.8 Å². The van der Waals surface area contributed by atoms with Crippen LogP contribution in [-0.2, 0) is 19.0 Å². The molecule has 2 rings (SSSR count). The van der Waals surface area contributed by atoms with Crippen molar-refractivity contribution in [2.24, 2.45) is 12.8 Å². The molecule has 0 aliphatic carbocycles. The van der Waals surface area contributed by atoms with Gasteiger partial charge in [0, 0.05) is 18.8 Å². The molecule has 17 heavy (non-hydrogen) atoms. The fraction of sp³-hybridized carbons (Fsp3) is 0.357. The average molecular weight is 229 g/mol. The zero-order valence-electron chi connectivity index (χ0n) is 10.6. The number of aryl methyl sites for hydroxylation is 2. The van der Waals surface area contributed by atoms with Crippen molar-refractivity contribution in [1.29, 1.82) is 0 Å². The molecule has 3 heteroatoms. The predicted molar refractivity (Wildman–Crippen MR) is 69.7 cm³/mol. The Morgan fingerprint density at radius 2 is 1.88 bits per heavy atom. The van der Waals surface area contributed by atoms with Crippen LogP contribution in [0.25, 0.3) is 0 Å². The summed E-state index contributed by atoms with van der Waals surface area (Å²) in [5, 5.41) is 4.18. The van der Waals surface area contributed by atoms with Crippen molar-refractivity contribution in [3.63, 3.8) is 0 Å². The Morgan fingerprint density at radius 3 is 2.35 bits per heavy atom. The fourth-order valence-corrected chi connectivity index (χ4v) is 1.94. The second kappa shape index (κ2) is 4.34. The number of hydrogen-bond acceptors (Lipinski definition) is 2. The molecule has 2 N–H and O–H groups in total. The van der Waals surface area contributed by atoms with Gasteiger partial charge in [-0.3, -0.25) is 4.68 Å². The first-order valence-corrected chi connectivity index (χ1v) is 5.91. The van der Waals surface area contributed by atoms with Crippen molar-refractivity contribution in [1.82, 2.24) is 9.78 Å². The van der Waals surface area contributed by atoms with E-state index in [-0.39, 0.29) is 0 Å². The van der Waals surface area contributed by atoms with Gasteiger partial charge in [-0.05, 0) is 24.5 Å². The maximum atomic E-state index is 6.41. The summed E-state index contributed by atoms with van der Waals surface area (Å²) in [6.07, 6.45) is 4.84. The van der Waals surface area contributed by atoms with E-state index in [1.165, 1.54) is 5.56 Å². The quantitative estimate of drug-likeness (QED) is 0.877. The third kappa shape index (κ3) is 2.24. The van der Waals surface area contributed by atoms with Crippen LogP contribution in [0.1, 0.15) is 30.5 Å². The summed E-state index contributed by atoms with van der Waals surface area (Å²) in [4.78, 5) is 0. The standard InChI is InChI=1S/C14H19N3/c1-4-11-5-7-12(8-6-11)14(2,15)13-9-16-17(3)10-13/h5-10H,4,15H2,1-3H3. The monoisotopic (exact) mass is 229 g/mol. The summed E-state index contributed by atoms with van der Waals surface area (Å²) in [5.41, 5.74) is 9.40. The lowest BCUT2D eigenvalue weighted by atomic mass is 9.87. The van der Waals surface area contributed by atoms with E-state index >= 15 is 0 Å². The Balaban J connectivity index is 2.36. The van der Waals surface area contributed by atoms with E-state index < -0.39 is 5.54 Å². The molecule has 1 unspecified atom stereocenters. The Bertz CT molecular complexity index is 494. The predicted octanol–water partition coefficient (Wildman–Crippen LogP) is 2.20. The molecule has 1 atom stereocenters. The summed E-state index contributed by atoms with van der Waals surface area (Å²) in [5.74, 6) is 0. The molecular formula is C14H19N3. The molecule has 0 spiro atoms. The highest BCUT2D eigenvalue weighted by Gasteiger charge is 2.24. The van der Waals surface area contributed by atoms with Crippen LogP contribution in [0, 0.1) is 0 Å². The van der Waals surface area contributed by atoms with Crippen molar-refractivity contribution in [3.05, 3.63) is 53.3 Å². The largest absolute Gasteiger partial charge is 0.318 e. The van der Waals surface area contributed by atoms with Crippen LogP contribution in [-0.4, -0.2) is 9.78 Å². The Hall–Kier alpha value is -1.61. The molecule has 0 saturated carbocycles. The summed E-state index contributed by atoms with van der Waals surface area (Å²) in [6.45, 7) is 4.17. The lowest BCUT2D eigenvalue weighted by Gasteiger charge is -2.24. The molecule has 0 bridgehead atoms. The second-order valence-corrected chi connectivity index (χ2v) is 4.66. The maximum Gasteiger partial charge on any atom is 0.0667 e. The van der Waals surface area contributed by atoms with Gasteiger partial charge in [-0.2, -0.15) is 5.10 Å². The van der Waals surface area contributed by atoms with Gasteiger partial charge in [0.05, 0.1) is 11.7 Å². The van der Waals surface area contributed by atoms with E-state index in [0.717, 1.165) is 17.5 Å². The molecule has 1 aromatic heterocycles. The molecule has 90 valence electrons. The first kappa shape index (κ1) is 11.9. The van der Waals surface area contributed by atoms with E-state index in [1.807, 2.05) is 26.4 Å². The highest BCUT2D eigenvalue weighted by Crippen LogP contribution is 2.26. The van der Waals surface area contributed by atoms with Gasteiger partial charge in [0.25, 0.3) is 0 Å². The highest BCUT2D eigenvalue weighted by atomic mass is 15.2. The Kier molecular flexibility index (Phi) is 3.03. The summed E-state index contributed by atoms with van der Waals surface area (Å²) >= 11 is 0. The normalized spacial score (nSPS) is 14.6. The molecule has 0 radical (unpaired) electrons. The molecule has 3 nitrogen and oxygen atoms in total. The SMILES string of the molecule is CCc1ccc(C(C)(N)c2cnn(C)c2)cc1. The van der Waals surface area contributed by atoms with E-state index in [4.69, 9.17) is 5.73 Å². The number of hydrogen-bond donors (Lipinski definition) is 1. The van der Waals surface area contributed by atoms with Gasteiger partial charge in [-0.15, -0.1) is 0 Å². The van der Waals surface area contributed by atoms with Crippen LogP contribution in [0.3, 0.4) is 0 Å². The van der Waals surface area contributed by atoms with Gasteiger partial charge < -0.3 is 5.73 Å². The zero-order valence-corrected chi connectivity index (χ0v) is 10.6. The maximum absolute atomic E-state index is 6.41. The molecule has 0 aliphatic heterocycles. The highest BCUT2D eigenvalue weighted by molar-refractivity contribution is 5.36. The van der Waals surface area contributed by atoms with Gasteiger partial charge in [0.2, 0.25) is 0 Å². The smallest absolute Gasteiger partial charge is 0.0667 e. The van der Waals surface area contributed by atoms with Gasteiger partial charge in [-0.25, -0.2) is 0 Å². The number of rotatable bonds is 3. The lowest BCUT2D eigenvalue weighted by Crippen LogP contribution is -2.33. The van der Waals surface area contributed by atoms with Crippen molar-refractivity contribution >= 4 is 0 Å². The lowest BCUT2D eigenvalue weighted by molar-refractivity contribution is 0.601. The van der Waals surface area contributed by atoms with Crippen LogP contribution in [0.2, 0.25) is 0 Å². The molecule has 0 amide bonds. The van der Waals surface area contributed by atoms with E-state index in [0.29, 0.717) is 0 Å². The van der Waals surface area contributed by atoms with Crippen molar-refractivity contribution in [2.75, 3.05) is 0 Å². The second-order valence-electron chi connectivity index (χ2n) is 4.66. The van der Waals surface area contributed by atoms with Crippen LogP contribution in [0.5, 0.6) is 0 Å². The molecule has 1 aromatic carbocycles. The number of aromatic nitrogens is 2. The third-order valence-corrected chi connectivity index (χ3v) is 3.27. The third-order valence-electron chi connectivity index (χ3n) is 3.27. The minimum atomic E-state index is -0.486. The van der Waals surface area contributed by atoms with Crippen LogP contribution in [0.4, 0.5) is 0 Å². The molecule has 1 heterocycles. The first-order chi connectivity index (χ1) is 8.04. The topological polar surface area (TPSA) is 43.8 Å². The van der Waals surface area contributed by atoms with Crippen molar-refractivity contribution in [3.8, 4) is 0 Å². The Morgan fingerprint density at radius 1 is 1.24 bits per heavy atom. The van der Waals surface area contributed by atoms with E-state index in [2.05, 4.69) is 36.3 Å². The van der Waals surface area contributed by atoms with Crippen molar-refractivity contribution < 1.29 is 0 Å². The van der Waals surface area contributed by atoms with Gasteiger partial charge in [-0.1, -0.05) is 31.2 Å². The molecule has 2 aromatic rings. The van der Waals surface area contributed by atoms with Gasteiger partial charge >= 0.3 is 0 Å². The summed E-state index contributed by atoms with van der Waals surface area (Å²) in [6, 6.07) is 8.48. The van der Waals surface area contributed by atoms with E-state index in [1.54, 1.807) is 4.68 Å². The van der Waals surface area contributed by atoms with Gasteiger partial charge in [0.15, 0.2) is 0 Å². The van der Waals surface area contributed by atoms with E-state index in [9.17, 15) is 0 Å². The van der Waals surface area contributed by atoms with Crippen LogP contribution in [0.15, 0.2) is 36.7 Å². The fourth-order valence-electron chi connectivity index (χ4n) is 1.94. The number of benzene rings is 1. The summed E-state index contributed by atoms with van der Waals surface area (Å²) in [7, 11) is 1.90. The molecule has 0 saturated heterocycles. The molecule has 0 aliphatic rings. The van der Waals surface area contributed by atoms with Gasteiger partial charge in [0.1, 0.15) is 0 Å². The average Bonchev–Trinajstić information content (AvgIpc) is 2.77. The summed E-state index contributed by atoms with van der Waals surface area (Å²) < 4.78 is 1.78. The zero-order chi connectivity index (χ0) is 12.5. The minimum absolute atomic E-state index is 0.486. The Labute approximate surface area is 102 Å². The molecule has 0 fully saturated rings. The number of nitrogens with zero attached hydrogens (tertiary/aromatic N) is 2. The first-order valence-electron chi connectivity index (χ1n) is 5.91. The van der Waals surface area contributed by atoms with Crippen LogP contribution < -0.4 is 5.73 Å².